The van der Waals surface area contributed by atoms with E-state index in [9.17, 15) is 0 Å². The Hall–Kier alpha value is -2.37. The smallest absolute Gasteiger partial charge is 0.109 e. The predicted molar refractivity (Wildman–Crippen MR) is 73.5 cm³/mol. The Morgan fingerprint density at radius 3 is 2.89 bits per heavy atom. The first kappa shape index (κ1) is 11.7. The Labute approximate surface area is 110 Å². The standard InChI is InChI=1S/C13H16N6/c1-2-13-16-11-9-10(14)3-4-12(11)19(13)8-7-18-6-5-15-17-18/h3-6,9H,2,7-8,14H2,1H3. The second-order valence-electron chi connectivity index (χ2n) is 4.45. The van der Waals surface area contributed by atoms with Crippen molar-refractivity contribution in [2.45, 2.75) is 26.4 Å². The molecule has 0 saturated carbocycles. The van der Waals surface area contributed by atoms with E-state index in [2.05, 4.69) is 26.8 Å². The first-order chi connectivity index (χ1) is 9.28. The number of rotatable bonds is 4. The lowest BCUT2D eigenvalue weighted by Gasteiger charge is -2.07. The first-order valence-electron chi connectivity index (χ1n) is 6.36. The number of nitrogens with zero attached hydrogens (tertiary/aromatic N) is 5. The number of nitrogens with two attached hydrogens (primary N) is 1. The molecule has 0 aliphatic heterocycles. The maximum absolute atomic E-state index is 5.80. The molecule has 6 heteroatoms. The molecule has 0 radical (unpaired) electrons. The lowest BCUT2D eigenvalue weighted by atomic mass is 10.3. The van der Waals surface area contributed by atoms with E-state index in [-0.39, 0.29) is 0 Å². The van der Waals surface area contributed by atoms with Crippen molar-refractivity contribution in [1.29, 1.82) is 0 Å². The van der Waals surface area contributed by atoms with Crippen molar-refractivity contribution in [1.82, 2.24) is 24.5 Å². The molecule has 98 valence electrons. The van der Waals surface area contributed by atoms with Crippen molar-refractivity contribution in [3.63, 3.8) is 0 Å². The maximum atomic E-state index is 5.80. The minimum atomic E-state index is 0.746. The van der Waals surface area contributed by atoms with Gasteiger partial charge in [-0.3, -0.25) is 4.68 Å². The summed E-state index contributed by atoms with van der Waals surface area (Å²) in [6.07, 6.45) is 4.45. The summed E-state index contributed by atoms with van der Waals surface area (Å²) in [5.41, 5.74) is 8.62. The molecule has 3 aromatic rings. The number of hydrogen-bond donors (Lipinski definition) is 1. The van der Waals surface area contributed by atoms with Crippen molar-refractivity contribution in [2.75, 3.05) is 5.73 Å². The Bertz CT molecular complexity index is 683. The molecule has 0 aliphatic rings. The van der Waals surface area contributed by atoms with E-state index in [0.717, 1.165) is 42.1 Å². The normalized spacial score (nSPS) is 11.2. The summed E-state index contributed by atoms with van der Waals surface area (Å²) in [6, 6.07) is 5.86. The lowest BCUT2D eigenvalue weighted by molar-refractivity contribution is 0.516. The van der Waals surface area contributed by atoms with Gasteiger partial charge in [-0.2, -0.15) is 0 Å². The zero-order valence-corrected chi connectivity index (χ0v) is 10.8. The average Bonchev–Trinajstić information content (AvgIpc) is 3.02. The van der Waals surface area contributed by atoms with Gasteiger partial charge in [-0.05, 0) is 18.2 Å². The molecule has 0 atom stereocenters. The molecule has 0 aliphatic carbocycles. The maximum Gasteiger partial charge on any atom is 0.109 e. The molecule has 0 bridgehead atoms. The summed E-state index contributed by atoms with van der Waals surface area (Å²) < 4.78 is 4.04. The van der Waals surface area contributed by atoms with Crippen LogP contribution < -0.4 is 5.73 Å². The van der Waals surface area contributed by atoms with E-state index in [1.54, 1.807) is 6.20 Å². The van der Waals surface area contributed by atoms with Gasteiger partial charge in [0.1, 0.15) is 5.82 Å². The molecule has 19 heavy (non-hydrogen) atoms. The molecule has 0 unspecified atom stereocenters. The van der Waals surface area contributed by atoms with E-state index in [1.807, 2.05) is 29.1 Å². The van der Waals surface area contributed by atoms with E-state index in [0.29, 0.717) is 0 Å². The van der Waals surface area contributed by atoms with Crippen LogP contribution in [-0.2, 0) is 19.5 Å². The molecule has 0 fully saturated rings. The third-order valence-corrected chi connectivity index (χ3v) is 3.19. The van der Waals surface area contributed by atoms with Crippen LogP contribution in [-0.4, -0.2) is 24.5 Å². The van der Waals surface area contributed by atoms with Crippen LogP contribution in [0, 0.1) is 0 Å². The first-order valence-corrected chi connectivity index (χ1v) is 6.36. The van der Waals surface area contributed by atoms with Gasteiger partial charge in [0, 0.05) is 24.8 Å². The number of aromatic nitrogens is 5. The zero-order chi connectivity index (χ0) is 13.2. The van der Waals surface area contributed by atoms with E-state index >= 15 is 0 Å². The fourth-order valence-electron chi connectivity index (χ4n) is 2.27. The summed E-state index contributed by atoms with van der Waals surface area (Å²) in [6.45, 7) is 3.71. The highest BCUT2D eigenvalue weighted by molar-refractivity contribution is 5.79. The van der Waals surface area contributed by atoms with Gasteiger partial charge in [-0.1, -0.05) is 12.1 Å². The van der Waals surface area contributed by atoms with Crippen LogP contribution in [0.4, 0.5) is 5.69 Å². The van der Waals surface area contributed by atoms with Gasteiger partial charge >= 0.3 is 0 Å². The highest BCUT2D eigenvalue weighted by atomic mass is 15.4. The van der Waals surface area contributed by atoms with Gasteiger partial charge in [0.15, 0.2) is 0 Å². The average molecular weight is 256 g/mol. The van der Waals surface area contributed by atoms with Crippen molar-refractivity contribution < 1.29 is 0 Å². The fourth-order valence-corrected chi connectivity index (χ4v) is 2.27. The third-order valence-electron chi connectivity index (χ3n) is 3.19. The minimum absolute atomic E-state index is 0.746. The minimum Gasteiger partial charge on any atom is -0.399 e. The highest BCUT2D eigenvalue weighted by Crippen LogP contribution is 2.19. The molecule has 0 spiro atoms. The van der Waals surface area contributed by atoms with Gasteiger partial charge < -0.3 is 10.3 Å². The molecule has 2 N–H and O–H groups in total. The third kappa shape index (κ3) is 2.16. The Morgan fingerprint density at radius 1 is 1.26 bits per heavy atom. The largest absolute Gasteiger partial charge is 0.399 e. The molecular weight excluding hydrogens is 240 g/mol. The molecule has 6 nitrogen and oxygen atoms in total. The quantitative estimate of drug-likeness (QED) is 0.717. The summed E-state index contributed by atoms with van der Waals surface area (Å²) >= 11 is 0. The van der Waals surface area contributed by atoms with Crippen LogP contribution in [0.1, 0.15) is 12.7 Å². The second kappa shape index (κ2) is 4.72. The van der Waals surface area contributed by atoms with Gasteiger partial charge in [-0.25, -0.2) is 4.98 Å². The number of imidazole rings is 1. The van der Waals surface area contributed by atoms with E-state index < -0.39 is 0 Å². The molecule has 0 amide bonds. The number of aryl methyl sites for hydroxylation is 3. The van der Waals surface area contributed by atoms with Crippen LogP contribution in [0.5, 0.6) is 0 Å². The number of nitrogen functional groups attached to an aromatic ring is 1. The molecule has 0 saturated heterocycles. The van der Waals surface area contributed by atoms with Crippen LogP contribution in [0.3, 0.4) is 0 Å². The highest BCUT2D eigenvalue weighted by Gasteiger charge is 2.09. The van der Waals surface area contributed by atoms with Crippen molar-refractivity contribution >= 4 is 16.7 Å². The van der Waals surface area contributed by atoms with E-state index in [1.165, 1.54) is 0 Å². The predicted octanol–water partition coefficient (Wildman–Crippen LogP) is 1.47. The monoisotopic (exact) mass is 256 g/mol. The van der Waals surface area contributed by atoms with Gasteiger partial charge in [0.05, 0.1) is 23.8 Å². The Morgan fingerprint density at radius 2 is 2.16 bits per heavy atom. The van der Waals surface area contributed by atoms with Crippen molar-refractivity contribution in [2.24, 2.45) is 0 Å². The topological polar surface area (TPSA) is 74.5 Å². The summed E-state index contributed by atoms with van der Waals surface area (Å²) in [4.78, 5) is 4.63. The van der Waals surface area contributed by atoms with Crippen LogP contribution in [0.25, 0.3) is 11.0 Å². The van der Waals surface area contributed by atoms with Crippen LogP contribution >= 0.6 is 0 Å². The molecule has 2 aromatic heterocycles. The molecule has 3 rings (SSSR count). The lowest BCUT2D eigenvalue weighted by Crippen LogP contribution is -2.10. The van der Waals surface area contributed by atoms with Gasteiger partial charge in [0.25, 0.3) is 0 Å². The summed E-state index contributed by atoms with van der Waals surface area (Å²) in [5, 5.41) is 7.79. The number of benzene rings is 1. The Balaban J connectivity index is 1.96. The molecule has 1 aromatic carbocycles. The zero-order valence-electron chi connectivity index (χ0n) is 10.8. The number of fused-ring (bicyclic) bond motifs is 1. The van der Waals surface area contributed by atoms with Crippen molar-refractivity contribution in [3.8, 4) is 0 Å². The summed E-state index contributed by atoms with van der Waals surface area (Å²) in [7, 11) is 0. The Kier molecular flexibility index (Phi) is 2.91. The summed E-state index contributed by atoms with van der Waals surface area (Å²) in [5.74, 6) is 1.07. The number of hydrogen-bond acceptors (Lipinski definition) is 4. The van der Waals surface area contributed by atoms with Crippen LogP contribution in [0.15, 0.2) is 30.6 Å². The number of anilines is 1. The fraction of sp³-hybridized carbons (Fsp3) is 0.308. The SMILES string of the molecule is CCc1nc2cc(N)ccc2n1CCn1ccnn1. The van der Waals surface area contributed by atoms with Gasteiger partial charge in [-0.15, -0.1) is 5.10 Å². The second-order valence-corrected chi connectivity index (χ2v) is 4.45. The molecule has 2 heterocycles. The van der Waals surface area contributed by atoms with Crippen molar-refractivity contribution in [3.05, 3.63) is 36.4 Å². The molecular formula is C13H16N6. The van der Waals surface area contributed by atoms with E-state index in [4.69, 9.17) is 5.73 Å². The van der Waals surface area contributed by atoms with Crippen LogP contribution in [0.2, 0.25) is 0 Å². The van der Waals surface area contributed by atoms with Gasteiger partial charge in [0.2, 0.25) is 0 Å².